The highest BCUT2D eigenvalue weighted by Crippen LogP contribution is 2.39. The molecule has 150 valence electrons. The van der Waals surface area contributed by atoms with E-state index in [4.69, 9.17) is 11.6 Å². The van der Waals surface area contributed by atoms with Gasteiger partial charge in [0.05, 0.1) is 12.0 Å². The van der Waals surface area contributed by atoms with Crippen LogP contribution in [0, 0.1) is 5.92 Å². The first-order valence-electron chi connectivity index (χ1n) is 9.47. The van der Waals surface area contributed by atoms with E-state index in [0.717, 1.165) is 5.56 Å². The predicted octanol–water partition coefficient (Wildman–Crippen LogP) is 2.89. The number of phenolic OH excluding ortho intramolecular Hbond substituents is 1. The number of phenols is 1. The Bertz CT molecular complexity index is 825. The van der Waals surface area contributed by atoms with Crippen LogP contribution in [0.15, 0.2) is 48.5 Å². The van der Waals surface area contributed by atoms with Crippen LogP contribution in [-0.2, 0) is 16.8 Å². The second kappa shape index (κ2) is 8.52. The van der Waals surface area contributed by atoms with Gasteiger partial charge < -0.3 is 20.0 Å². The average Bonchev–Trinajstić information content (AvgIpc) is 2.65. The molecule has 1 amide bonds. The van der Waals surface area contributed by atoms with Crippen molar-refractivity contribution in [1.82, 2.24) is 9.80 Å². The lowest BCUT2D eigenvalue weighted by Gasteiger charge is -2.46. The van der Waals surface area contributed by atoms with Crippen LogP contribution in [0.3, 0.4) is 0 Å². The standard InChI is InChI=1S/C22H27ClN2O3/c1-24(2)14-18-15-25(21(27)12-16-6-8-19(23)9-7-16)11-10-22(18,28)17-4-3-5-20(26)13-17/h3-9,13,18,26,28H,10-12,14-15H2,1-2H3. The molecule has 0 saturated carbocycles. The molecule has 1 aliphatic heterocycles. The third kappa shape index (κ3) is 4.66. The summed E-state index contributed by atoms with van der Waals surface area (Å²) in [7, 11) is 3.91. The first-order chi connectivity index (χ1) is 13.3. The summed E-state index contributed by atoms with van der Waals surface area (Å²) in [4.78, 5) is 16.7. The monoisotopic (exact) mass is 402 g/mol. The van der Waals surface area contributed by atoms with Crippen LogP contribution in [0.2, 0.25) is 5.02 Å². The smallest absolute Gasteiger partial charge is 0.227 e. The van der Waals surface area contributed by atoms with Gasteiger partial charge >= 0.3 is 0 Å². The Morgan fingerprint density at radius 1 is 1.25 bits per heavy atom. The number of hydrogen-bond donors (Lipinski definition) is 2. The number of benzene rings is 2. The van der Waals surface area contributed by atoms with Crippen LogP contribution < -0.4 is 0 Å². The Balaban J connectivity index is 1.78. The van der Waals surface area contributed by atoms with Crippen LogP contribution in [0.25, 0.3) is 0 Å². The molecule has 3 rings (SSSR count). The number of likely N-dealkylation sites (tertiary alicyclic amines) is 1. The second-order valence-electron chi connectivity index (χ2n) is 7.83. The molecule has 0 aromatic heterocycles. The molecule has 1 fully saturated rings. The van der Waals surface area contributed by atoms with Crippen molar-refractivity contribution < 1.29 is 15.0 Å². The maximum Gasteiger partial charge on any atom is 0.227 e. The van der Waals surface area contributed by atoms with E-state index in [1.807, 2.05) is 42.1 Å². The van der Waals surface area contributed by atoms with E-state index in [9.17, 15) is 15.0 Å². The number of hydrogen-bond acceptors (Lipinski definition) is 4. The Labute approximate surface area is 171 Å². The average molecular weight is 403 g/mol. The third-order valence-electron chi connectivity index (χ3n) is 5.43. The van der Waals surface area contributed by atoms with Crippen LogP contribution >= 0.6 is 11.6 Å². The van der Waals surface area contributed by atoms with Crippen molar-refractivity contribution in [1.29, 1.82) is 0 Å². The summed E-state index contributed by atoms with van der Waals surface area (Å²) in [5, 5.41) is 22.0. The molecule has 1 heterocycles. The fourth-order valence-electron chi connectivity index (χ4n) is 3.94. The summed E-state index contributed by atoms with van der Waals surface area (Å²) in [6, 6.07) is 14.1. The Hall–Kier alpha value is -2.08. The summed E-state index contributed by atoms with van der Waals surface area (Å²) >= 11 is 5.92. The number of piperidine rings is 1. The van der Waals surface area contributed by atoms with Crippen LogP contribution in [0.5, 0.6) is 5.75 Å². The van der Waals surface area contributed by atoms with E-state index in [0.29, 0.717) is 43.1 Å². The molecule has 0 aliphatic carbocycles. The van der Waals surface area contributed by atoms with Crippen molar-refractivity contribution in [2.24, 2.45) is 5.92 Å². The molecule has 0 bridgehead atoms. The first-order valence-corrected chi connectivity index (χ1v) is 9.84. The maximum absolute atomic E-state index is 12.8. The highest BCUT2D eigenvalue weighted by atomic mass is 35.5. The fourth-order valence-corrected chi connectivity index (χ4v) is 4.06. The van der Waals surface area contributed by atoms with Gasteiger partial charge in [-0.15, -0.1) is 0 Å². The van der Waals surface area contributed by atoms with E-state index >= 15 is 0 Å². The van der Waals surface area contributed by atoms with Gasteiger partial charge in [-0.2, -0.15) is 0 Å². The largest absolute Gasteiger partial charge is 0.508 e. The molecule has 2 unspecified atom stereocenters. The number of halogens is 1. The lowest BCUT2D eigenvalue weighted by molar-refractivity contribution is -0.141. The Morgan fingerprint density at radius 3 is 2.61 bits per heavy atom. The minimum Gasteiger partial charge on any atom is -0.508 e. The quantitative estimate of drug-likeness (QED) is 0.807. The van der Waals surface area contributed by atoms with Gasteiger partial charge in [0.25, 0.3) is 0 Å². The Morgan fingerprint density at radius 2 is 1.96 bits per heavy atom. The molecule has 2 aromatic rings. The number of carbonyl (C=O) groups excluding carboxylic acids is 1. The molecule has 0 radical (unpaired) electrons. The fraction of sp³-hybridized carbons (Fsp3) is 0.409. The van der Waals surface area contributed by atoms with Gasteiger partial charge in [0.2, 0.25) is 5.91 Å². The van der Waals surface area contributed by atoms with Crippen molar-refractivity contribution in [3.63, 3.8) is 0 Å². The Kier molecular flexibility index (Phi) is 6.28. The van der Waals surface area contributed by atoms with Crippen LogP contribution in [0.4, 0.5) is 0 Å². The molecular formula is C22H27ClN2O3. The highest BCUT2D eigenvalue weighted by molar-refractivity contribution is 6.30. The van der Waals surface area contributed by atoms with Gasteiger partial charge in [0.15, 0.2) is 0 Å². The summed E-state index contributed by atoms with van der Waals surface area (Å²) in [5.74, 6) is 0.0204. The maximum atomic E-state index is 12.8. The lowest BCUT2D eigenvalue weighted by Crippen LogP contribution is -2.54. The van der Waals surface area contributed by atoms with E-state index in [-0.39, 0.29) is 17.6 Å². The molecule has 28 heavy (non-hydrogen) atoms. The molecule has 1 saturated heterocycles. The summed E-state index contributed by atoms with van der Waals surface area (Å²) < 4.78 is 0. The second-order valence-corrected chi connectivity index (χ2v) is 8.26. The van der Waals surface area contributed by atoms with Gasteiger partial charge in [-0.25, -0.2) is 0 Å². The van der Waals surface area contributed by atoms with Gasteiger partial charge in [-0.05, 0) is 55.9 Å². The SMILES string of the molecule is CN(C)CC1CN(C(=O)Cc2ccc(Cl)cc2)CCC1(O)c1cccc(O)c1. The summed E-state index contributed by atoms with van der Waals surface area (Å²) in [5.41, 5.74) is 0.539. The number of nitrogens with zero attached hydrogens (tertiary/aromatic N) is 2. The third-order valence-corrected chi connectivity index (χ3v) is 5.68. The minimum atomic E-state index is -1.08. The van der Waals surface area contributed by atoms with Gasteiger partial charge in [-0.1, -0.05) is 35.9 Å². The number of aromatic hydroxyl groups is 1. The minimum absolute atomic E-state index is 0.0454. The summed E-state index contributed by atoms with van der Waals surface area (Å²) in [6.45, 7) is 1.58. The zero-order chi connectivity index (χ0) is 20.3. The molecule has 5 nitrogen and oxygen atoms in total. The molecule has 1 aliphatic rings. The molecule has 2 atom stereocenters. The number of rotatable bonds is 5. The van der Waals surface area contributed by atoms with Crippen molar-refractivity contribution in [2.45, 2.75) is 18.4 Å². The number of amides is 1. The van der Waals surface area contributed by atoms with E-state index in [1.165, 1.54) is 0 Å². The highest BCUT2D eigenvalue weighted by Gasteiger charge is 2.44. The molecule has 2 aromatic carbocycles. The van der Waals surface area contributed by atoms with E-state index < -0.39 is 5.60 Å². The van der Waals surface area contributed by atoms with E-state index in [1.54, 1.807) is 30.3 Å². The van der Waals surface area contributed by atoms with Crippen molar-refractivity contribution in [3.8, 4) is 5.75 Å². The van der Waals surface area contributed by atoms with Crippen molar-refractivity contribution >= 4 is 17.5 Å². The van der Waals surface area contributed by atoms with Gasteiger partial charge in [0, 0.05) is 30.6 Å². The van der Waals surface area contributed by atoms with Crippen molar-refractivity contribution in [2.75, 3.05) is 33.7 Å². The molecular weight excluding hydrogens is 376 g/mol. The zero-order valence-corrected chi connectivity index (χ0v) is 17.1. The van der Waals surface area contributed by atoms with E-state index in [2.05, 4.69) is 0 Å². The normalized spacial score (nSPS) is 22.5. The van der Waals surface area contributed by atoms with Crippen LogP contribution in [-0.4, -0.2) is 59.6 Å². The topological polar surface area (TPSA) is 64.0 Å². The first kappa shape index (κ1) is 20.6. The zero-order valence-electron chi connectivity index (χ0n) is 16.3. The van der Waals surface area contributed by atoms with Crippen LogP contribution in [0.1, 0.15) is 17.5 Å². The lowest BCUT2D eigenvalue weighted by atomic mass is 9.75. The molecule has 6 heteroatoms. The number of aliphatic hydroxyl groups is 1. The summed E-state index contributed by atoms with van der Waals surface area (Å²) in [6.07, 6.45) is 0.748. The number of carbonyl (C=O) groups is 1. The van der Waals surface area contributed by atoms with Gasteiger partial charge in [0.1, 0.15) is 5.75 Å². The van der Waals surface area contributed by atoms with Gasteiger partial charge in [-0.3, -0.25) is 4.79 Å². The predicted molar refractivity (Wildman–Crippen MR) is 110 cm³/mol. The van der Waals surface area contributed by atoms with Crippen molar-refractivity contribution in [3.05, 3.63) is 64.7 Å². The molecule has 2 N–H and O–H groups in total. The molecule has 0 spiro atoms.